The summed E-state index contributed by atoms with van der Waals surface area (Å²) in [7, 11) is 4.15. The SMILES string of the molecule is CN(C)Cc1c[nH]c2[c]cccc12. The van der Waals surface area contributed by atoms with Crippen molar-refractivity contribution in [2.75, 3.05) is 14.1 Å². The molecule has 1 aromatic carbocycles. The summed E-state index contributed by atoms with van der Waals surface area (Å²) in [6.45, 7) is 0.970. The molecule has 0 aliphatic carbocycles. The predicted octanol–water partition coefficient (Wildman–Crippen LogP) is 2.03. The minimum atomic E-state index is 0.970. The van der Waals surface area contributed by atoms with Crippen LogP contribution >= 0.6 is 0 Å². The van der Waals surface area contributed by atoms with Crippen molar-refractivity contribution < 1.29 is 0 Å². The van der Waals surface area contributed by atoms with Crippen LogP contribution in [0, 0.1) is 6.07 Å². The van der Waals surface area contributed by atoms with E-state index in [1.807, 2.05) is 12.1 Å². The van der Waals surface area contributed by atoms with E-state index >= 15 is 0 Å². The van der Waals surface area contributed by atoms with Gasteiger partial charge in [-0.2, -0.15) is 0 Å². The van der Waals surface area contributed by atoms with E-state index in [1.165, 1.54) is 10.9 Å². The van der Waals surface area contributed by atoms with Crippen LogP contribution in [0.4, 0.5) is 0 Å². The lowest BCUT2D eigenvalue weighted by Gasteiger charge is -2.07. The van der Waals surface area contributed by atoms with Gasteiger partial charge >= 0.3 is 0 Å². The average Bonchev–Trinajstić information content (AvgIpc) is 2.48. The number of aromatic nitrogens is 1. The molecule has 1 aromatic heterocycles. The highest BCUT2D eigenvalue weighted by Gasteiger charge is 2.02. The quantitative estimate of drug-likeness (QED) is 0.736. The smallest absolute Gasteiger partial charge is 0.0537 e. The molecule has 13 heavy (non-hydrogen) atoms. The van der Waals surface area contributed by atoms with Crippen LogP contribution in [0.1, 0.15) is 5.56 Å². The Kier molecular flexibility index (Phi) is 2.07. The van der Waals surface area contributed by atoms with Gasteiger partial charge in [-0.25, -0.2) is 0 Å². The highest BCUT2D eigenvalue weighted by atomic mass is 15.0. The Morgan fingerprint density at radius 1 is 1.46 bits per heavy atom. The molecule has 0 amide bonds. The first-order chi connectivity index (χ1) is 6.27. The lowest BCUT2D eigenvalue weighted by molar-refractivity contribution is 0.404. The van der Waals surface area contributed by atoms with Gasteiger partial charge in [0.05, 0.1) is 5.52 Å². The van der Waals surface area contributed by atoms with Gasteiger partial charge in [0.2, 0.25) is 0 Å². The number of rotatable bonds is 2. The number of benzene rings is 1. The number of fused-ring (bicyclic) bond motifs is 1. The van der Waals surface area contributed by atoms with E-state index in [0.29, 0.717) is 0 Å². The summed E-state index contributed by atoms with van der Waals surface area (Å²) in [5.41, 5.74) is 2.43. The Labute approximate surface area is 78.2 Å². The molecule has 1 N–H and O–H groups in total. The first-order valence-electron chi connectivity index (χ1n) is 4.39. The predicted molar refractivity (Wildman–Crippen MR) is 54.5 cm³/mol. The van der Waals surface area contributed by atoms with Gasteiger partial charge in [-0.1, -0.05) is 18.2 Å². The summed E-state index contributed by atoms with van der Waals surface area (Å²) in [5, 5.41) is 1.27. The van der Waals surface area contributed by atoms with Crippen LogP contribution in [0.3, 0.4) is 0 Å². The fourth-order valence-corrected chi connectivity index (χ4v) is 1.53. The molecule has 0 saturated carbocycles. The van der Waals surface area contributed by atoms with Crippen molar-refractivity contribution >= 4 is 10.9 Å². The maximum atomic E-state index is 3.21. The van der Waals surface area contributed by atoms with E-state index in [9.17, 15) is 0 Å². The van der Waals surface area contributed by atoms with E-state index in [0.717, 1.165) is 12.1 Å². The minimum Gasteiger partial charge on any atom is -0.360 e. The number of hydrogen-bond acceptors (Lipinski definition) is 1. The number of H-pyrrole nitrogens is 1. The second kappa shape index (κ2) is 3.23. The van der Waals surface area contributed by atoms with E-state index in [1.54, 1.807) is 0 Å². The van der Waals surface area contributed by atoms with Crippen LogP contribution in [0.25, 0.3) is 10.9 Å². The molecule has 2 nitrogen and oxygen atoms in total. The third kappa shape index (κ3) is 1.58. The Morgan fingerprint density at radius 3 is 3.08 bits per heavy atom. The standard InChI is InChI=1S/C11H13N2/c1-13(2)8-9-7-12-11-6-4-3-5-10(9)11/h3-5,7,12H,8H2,1-2H3. The molecule has 0 saturated heterocycles. The Bertz CT molecular complexity index is 401. The monoisotopic (exact) mass is 173 g/mol. The second-order valence-electron chi connectivity index (χ2n) is 3.51. The average molecular weight is 173 g/mol. The first kappa shape index (κ1) is 8.32. The van der Waals surface area contributed by atoms with E-state index in [4.69, 9.17) is 0 Å². The fourth-order valence-electron chi connectivity index (χ4n) is 1.53. The van der Waals surface area contributed by atoms with Crippen molar-refractivity contribution in [3.63, 3.8) is 0 Å². The van der Waals surface area contributed by atoms with Crippen molar-refractivity contribution in [2.24, 2.45) is 0 Å². The largest absolute Gasteiger partial charge is 0.360 e. The molecule has 67 valence electrons. The summed E-state index contributed by atoms with van der Waals surface area (Å²) in [6.07, 6.45) is 2.06. The van der Waals surface area contributed by atoms with Crippen LogP contribution in [0.15, 0.2) is 24.4 Å². The molecule has 2 aromatic rings. The third-order valence-electron chi connectivity index (χ3n) is 2.08. The molecule has 0 aliphatic heterocycles. The van der Waals surface area contributed by atoms with Gasteiger partial charge in [0.1, 0.15) is 0 Å². The number of hydrogen-bond donors (Lipinski definition) is 1. The van der Waals surface area contributed by atoms with Gasteiger partial charge < -0.3 is 9.88 Å². The highest BCUT2D eigenvalue weighted by Crippen LogP contribution is 2.17. The second-order valence-corrected chi connectivity index (χ2v) is 3.51. The van der Waals surface area contributed by atoms with E-state index < -0.39 is 0 Å². The lowest BCUT2D eigenvalue weighted by atomic mass is 10.2. The molecule has 0 fully saturated rings. The molecule has 0 unspecified atom stereocenters. The summed E-state index contributed by atoms with van der Waals surface area (Å²) in [5.74, 6) is 0. The fraction of sp³-hybridized carbons (Fsp3) is 0.273. The summed E-state index contributed by atoms with van der Waals surface area (Å²) in [4.78, 5) is 5.37. The van der Waals surface area contributed by atoms with Crippen LogP contribution in [-0.2, 0) is 6.54 Å². The van der Waals surface area contributed by atoms with Gasteiger partial charge in [0, 0.05) is 24.2 Å². The molecule has 1 heterocycles. The molecule has 0 bridgehead atoms. The Morgan fingerprint density at radius 2 is 2.31 bits per heavy atom. The van der Waals surface area contributed by atoms with Crippen LogP contribution < -0.4 is 0 Å². The van der Waals surface area contributed by atoms with Crippen LogP contribution in [0.5, 0.6) is 0 Å². The molecule has 1 radical (unpaired) electrons. The van der Waals surface area contributed by atoms with E-state index in [2.05, 4.69) is 42.3 Å². The zero-order chi connectivity index (χ0) is 9.26. The zero-order valence-electron chi connectivity index (χ0n) is 7.96. The number of nitrogens with one attached hydrogen (secondary N) is 1. The molecular formula is C11H13N2. The van der Waals surface area contributed by atoms with Crippen molar-refractivity contribution in [1.82, 2.24) is 9.88 Å². The van der Waals surface area contributed by atoms with Crippen molar-refractivity contribution in [3.8, 4) is 0 Å². The zero-order valence-corrected chi connectivity index (χ0v) is 7.96. The normalized spacial score (nSPS) is 11.3. The topological polar surface area (TPSA) is 19.0 Å². The maximum Gasteiger partial charge on any atom is 0.0537 e. The molecular weight excluding hydrogens is 160 g/mol. The lowest BCUT2D eigenvalue weighted by Crippen LogP contribution is -2.09. The summed E-state index contributed by atoms with van der Waals surface area (Å²) >= 11 is 0. The van der Waals surface area contributed by atoms with Gasteiger partial charge in [-0.05, 0) is 19.7 Å². The summed E-state index contributed by atoms with van der Waals surface area (Å²) in [6, 6.07) is 9.25. The third-order valence-corrected chi connectivity index (χ3v) is 2.08. The minimum absolute atomic E-state index is 0.970. The maximum absolute atomic E-state index is 3.21. The van der Waals surface area contributed by atoms with Gasteiger partial charge in [0.15, 0.2) is 0 Å². The Balaban J connectivity index is 2.46. The van der Waals surface area contributed by atoms with Crippen molar-refractivity contribution in [1.29, 1.82) is 0 Å². The van der Waals surface area contributed by atoms with Crippen LogP contribution in [-0.4, -0.2) is 24.0 Å². The van der Waals surface area contributed by atoms with Gasteiger partial charge in [0.25, 0.3) is 0 Å². The molecule has 0 aliphatic rings. The van der Waals surface area contributed by atoms with Crippen molar-refractivity contribution in [3.05, 3.63) is 36.0 Å². The van der Waals surface area contributed by atoms with E-state index in [-0.39, 0.29) is 0 Å². The summed E-state index contributed by atoms with van der Waals surface area (Å²) < 4.78 is 0. The molecule has 2 heteroatoms. The highest BCUT2D eigenvalue weighted by molar-refractivity contribution is 5.82. The van der Waals surface area contributed by atoms with Gasteiger partial charge in [-0.15, -0.1) is 0 Å². The number of nitrogens with zero attached hydrogens (tertiary/aromatic N) is 1. The molecule has 0 spiro atoms. The van der Waals surface area contributed by atoms with Gasteiger partial charge in [-0.3, -0.25) is 0 Å². The molecule has 2 rings (SSSR count). The molecule has 0 atom stereocenters. The van der Waals surface area contributed by atoms with Crippen LogP contribution in [0.2, 0.25) is 0 Å². The van der Waals surface area contributed by atoms with Crippen molar-refractivity contribution in [2.45, 2.75) is 6.54 Å². The first-order valence-corrected chi connectivity index (χ1v) is 4.39. The Hall–Kier alpha value is -1.28. The number of para-hydroxylation sites is 1. The number of aromatic amines is 1.